The molecule has 0 spiro atoms. The standard InChI is InChI=1S/C16H24N2O4S2/c1-3-12-4-8-16(9-5-12)24(21,22)17-13-10-14-6-7-15(11-13)18(14)23(2,19)20/h4-5,8-9,13-15,17H,3,6-7,10-11H2,1-2H3. The number of hydrogen-bond acceptors (Lipinski definition) is 4. The highest BCUT2D eigenvalue weighted by Gasteiger charge is 2.45. The summed E-state index contributed by atoms with van der Waals surface area (Å²) in [6.45, 7) is 2.02. The molecule has 1 aromatic carbocycles. The van der Waals surface area contributed by atoms with Crippen LogP contribution < -0.4 is 4.72 Å². The Bertz CT molecular complexity index is 789. The van der Waals surface area contributed by atoms with Gasteiger partial charge in [0, 0.05) is 18.1 Å². The van der Waals surface area contributed by atoms with Crippen LogP contribution in [0.15, 0.2) is 29.2 Å². The van der Waals surface area contributed by atoms with E-state index < -0.39 is 20.0 Å². The fraction of sp³-hybridized carbons (Fsp3) is 0.625. The van der Waals surface area contributed by atoms with Gasteiger partial charge < -0.3 is 0 Å². The number of sulfonamides is 2. The molecule has 0 radical (unpaired) electrons. The minimum absolute atomic E-state index is 0.0890. The van der Waals surface area contributed by atoms with E-state index in [1.165, 1.54) is 6.26 Å². The summed E-state index contributed by atoms with van der Waals surface area (Å²) in [5.74, 6) is 0. The molecule has 0 aliphatic carbocycles. The third-order valence-electron chi connectivity index (χ3n) is 5.01. The molecule has 3 rings (SSSR count). The Balaban J connectivity index is 1.73. The summed E-state index contributed by atoms with van der Waals surface area (Å²) in [6, 6.07) is 6.51. The van der Waals surface area contributed by atoms with Gasteiger partial charge >= 0.3 is 0 Å². The first-order valence-corrected chi connectivity index (χ1v) is 11.6. The van der Waals surface area contributed by atoms with Crippen molar-refractivity contribution in [2.24, 2.45) is 0 Å². The van der Waals surface area contributed by atoms with Crippen LogP contribution in [0.4, 0.5) is 0 Å². The minimum atomic E-state index is -3.57. The van der Waals surface area contributed by atoms with Gasteiger partial charge in [-0.1, -0.05) is 19.1 Å². The first kappa shape index (κ1) is 17.8. The number of nitrogens with zero attached hydrogens (tertiary/aromatic N) is 1. The van der Waals surface area contributed by atoms with Crippen LogP contribution in [0.2, 0.25) is 0 Å². The zero-order valence-electron chi connectivity index (χ0n) is 14.0. The van der Waals surface area contributed by atoms with Gasteiger partial charge in [0.05, 0.1) is 11.2 Å². The molecule has 6 nitrogen and oxygen atoms in total. The average molecular weight is 373 g/mol. The van der Waals surface area contributed by atoms with E-state index in [2.05, 4.69) is 4.72 Å². The highest BCUT2D eigenvalue weighted by molar-refractivity contribution is 7.89. The Kier molecular flexibility index (Phi) is 4.76. The maximum atomic E-state index is 12.6. The molecule has 134 valence electrons. The molecular formula is C16H24N2O4S2. The molecule has 2 fully saturated rings. The van der Waals surface area contributed by atoms with E-state index in [0.29, 0.717) is 12.8 Å². The van der Waals surface area contributed by atoms with Crippen molar-refractivity contribution in [2.45, 2.75) is 62.0 Å². The summed E-state index contributed by atoms with van der Waals surface area (Å²) >= 11 is 0. The second-order valence-corrected chi connectivity index (χ2v) is 10.4. The normalized spacial score (nSPS) is 28.2. The first-order chi connectivity index (χ1) is 11.2. The lowest BCUT2D eigenvalue weighted by atomic mass is 10.0. The number of benzene rings is 1. The largest absolute Gasteiger partial charge is 0.240 e. The molecule has 2 heterocycles. The van der Waals surface area contributed by atoms with Crippen molar-refractivity contribution in [1.82, 2.24) is 9.03 Å². The van der Waals surface area contributed by atoms with Crippen molar-refractivity contribution in [3.8, 4) is 0 Å². The molecule has 8 heteroatoms. The summed E-state index contributed by atoms with van der Waals surface area (Å²) in [5.41, 5.74) is 1.09. The summed E-state index contributed by atoms with van der Waals surface area (Å²) < 4.78 is 53.3. The molecule has 2 atom stereocenters. The zero-order valence-corrected chi connectivity index (χ0v) is 15.6. The van der Waals surface area contributed by atoms with E-state index >= 15 is 0 Å². The number of aryl methyl sites for hydroxylation is 1. The predicted molar refractivity (Wildman–Crippen MR) is 92.7 cm³/mol. The van der Waals surface area contributed by atoms with Crippen molar-refractivity contribution in [3.05, 3.63) is 29.8 Å². The van der Waals surface area contributed by atoms with Crippen LogP contribution in [0.1, 0.15) is 38.2 Å². The van der Waals surface area contributed by atoms with E-state index in [1.807, 2.05) is 19.1 Å². The van der Waals surface area contributed by atoms with Crippen LogP contribution >= 0.6 is 0 Å². The molecule has 2 aliphatic heterocycles. The molecule has 2 saturated heterocycles. The van der Waals surface area contributed by atoms with E-state index in [1.54, 1.807) is 16.4 Å². The minimum Gasteiger partial charge on any atom is -0.212 e. The lowest BCUT2D eigenvalue weighted by molar-refractivity contribution is 0.221. The van der Waals surface area contributed by atoms with Gasteiger partial charge in [0.2, 0.25) is 20.0 Å². The Morgan fingerprint density at radius 1 is 1.04 bits per heavy atom. The molecule has 1 aromatic rings. The predicted octanol–water partition coefficient (Wildman–Crippen LogP) is 1.48. The second kappa shape index (κ2) is 6.40. The Hall–Kier alpha value is -0.960. The quantitative estimate of drug-likeness (QED) is 0.849. The molecule has 2 unspecified atom stereocenters. The van der Waals surface area contributed by atoms with E-state index in [4.69, 9.17) is 0 Å². The van der Waals surface area contributed by atoms with Crippen molar-refractivity contribution in [3.63, 3.8) is 0 Å². The maximum absolute atomic E-state index is 12.6. The van der Waals surface area contributed by atoms with Gasteiger partial charge in [-0.15, -0.1) is 0 Å². The highest BCUT2D eigenvalue weighted by atomic mass is 32.2. The monoisotopic (exact) mass is 372 g/mol. The van der Waals surface area contributed by atoms with Crippen molar-refractivity contribution < 1.29 is 16.8 Å². The number of fused-ring (bicyclic) bond motifs is 2. The molecule has 0 aromatic heterocycles. The van der Waals surface area contributed by atoms with Gasteiger partial charge in [-0.3, -0.25) is 0 Å². The first-order valence-electron chi connectivity index (χ1n) is 8.30. The third kappa shape index (κ3) is 3.51. The van der Waals surface area contributed by atoms with Gasteiger partial charge in [-0.05, 0) is 49.8 Å². The molecule has 1 N–H and O–H groups in total. The highest BCUT2D eigenvalue weighted by Crippen LogP contribution is 2.37. The smallest absolute Gasteiger partial charge is 0.212 e. The van der Waals surface area contributed by atoms with Gasteiger partial charge in [0.25, 0.3) is 0 Å². The van der Waals surface area contributed by atoms with E-state index in [9.17, 15) is 16.8 Å². The van der Waals surface area contributed by atoms with Crippen LogP contribution in [0, 0.1) is 0 Å². The SMILES string of the molecule is CCc1ccc(S(=O)(=O)NC2CC3CCC(C2)N3S(C)(=O)=O)cc1. The fourth-order valence-electron chi connectivity index (χ4n) is 3.96. The third-order valence-corrected chi connectivity index (χ3v) is 7.91. The molecular weight excluding hydrogens is 348 g/mol. The molecule has 24 heavy (non-hydrogen) atoms. The van der Waals surface area contributed by atoms with Crippen molar-refractivity contribution in [1.29, 1.82) is 0 Å². The molecule has 0 saturated carbocycles. The topological polar surface area (TPSA) is 83.6 Å². The zero-order chi connectivity index (χ0) is 17.5. The van der Waals surface area contributed by atoms with E-state index in [0.717, 1.165) is 24.8 Å². The van der Waals surface area contributed by atoms with Gasteiger partial charge in [-0.25, -0.2) is 21.6 Å². The van der Waals surface area contributed by atoms with Gasteiger partial charge in [-0.2, -0.15) is 4.31 Å². The van der Waals surface area contributed by atoms with Gasteiger partial charge in [0.1, 0.15) is 0 Å². The van der Waals surface area contributed by atoms with Crippen LogP contribution in [-0.4, -0.2) is 45.5 Å². The lowest BCUT2D eigenvalue weighted by Gasteiger charge is -2.37. The fourth-order valence-corrected chi connectivity index (χ4v) is 6.69. The number of piperidine rings is 1. The Labute approximate surface area is 144 Å². The summed E-state index contributed by atoms with van der Waals surface area (Å²) in [4.78, 5) is 0.262. The lowest BCUT2D eigenvalue weighted by Crippen LogP contribution is -2.51. The van der Waals surface area contributed by atoms with Gasteiger partial charge in [0.15, 0.2) is 0 Å². The molecule has 2 bridgehead atoms. The number of nitrogens with one attached hydrogen (secondary N) is 1. The Morgan fingerprint density at radius 2 is 1.58 bits per heavy atom. The number of hydrogen-bond donors (Lipinski definition) is 1. The van der Waals surface area contributed by atoms with Crippen LogP contribution in [0.3, 0.4) is 0 Å². The second-order valence-electron chi connectivity index (χ2n) is 6.77. The maximum Gasteiger partial charge on any atom is 0.240 e. The summed E-state index contributed by atoms with van der Waals surface area (Å²) in [6.07, 6.45) is 4.78. The molecule has 0 amide bonds. The van der Waals surface area contributed by atoms with Crippen LogP contribution in [0.5, 0.6) is 0 Å². The summed E-state index contributed by atoms with van der Waals surface area (Å²) in [5, 5.41) is 0. The van der Waals surface area contributed by atoms with Crippen molar-refractivity contribution in [2.75, 3.05) is 6.26 Å². The summed E-state index contributed by atoms with van der Waals surface area (Å²) in [7, 11) is -6.81. The van der Waals surface area contributed by atoms with Crippen molar-refractivity contribution >= 4 is 20.0 Å². The van der Waals surface area contributed by atoms with E-state index in [-0.39, 0.29) is 23.0 Å². The molecule has 2 aliphatic rings. The van der Waals surface area contributed by atoms with Crippen LogP contribution in [0.25, 0.3) is 0 Å². The number of rotatable bonds is 5. The Morgan fingerprint density at radius 3 is 2.04 bits per heavy atom. The average Bonchev–Trinajstić information content (AvgIpc) is 2.79. The van der Waals surface area contributed by atoms with Crippen LogP contribution in [-0.2, 0) is 26.5 Å².